The van der Waals surface area contributed by atoms with E-state index in [4.69, 9.17) is 9.47 Å². The number of amides is 1. The fraction of sp³-hybridized carbons (Fsp3) is 0.375. The van der Waals surface area contributed by atoms with Gasteiger partial charge in [0.25, 0.3) is 0 Å². The van der Waals surface area contributed by atoms with Gasteiger partial charge in [-0.15, -0.1) is 0 Å². The minimum Gasteiger partial charge on any atom is -0.493 e. The van der Waals surface area contributed by atoms with E-state index in [0.717, 1.165) is 17.7 Å². The normalized spacial score (nSPS) is 10.3. The lowest BCUT2D eigenvalue weighted by atomic mass is 10.1. The van der Waals surface area contributed by atoms with E-state index in [2.05, 4.69) is 10.4 Å². The number of benzene rings is 1. The van der Waals surface area contributed by atoms with Gasteiger partial charge >= 0.3 is 0 Å². The van der Waals surface area contributed by atoms with Gasteiger partial charge in [0.2, 0.25) is 5.91 Å². The van der Waals surface area contributed by atoms with E-state index >= 15 is 0 Å². The molecule has 1 amide bonds. The zero-order valence-electron chi connectivity index (χ0n) is 13.1. The van der Waals surface area contributed by atoms with Gasteiger partial charge in [0.05, 0.1) is 26.8 Å². The summed E-state index contributed by atoms with van der Waals surface area (Å²) in [6, 6.07) is 5.47. The van der Waals surface area contributed by atoms with Crippen LogP contribution in [0.15, 0.2) is 30.6 Å². The fourth-order valence-corrected chi connectivity index (χ4v) is 2.11. The number of aromatic nitrogens is 2. The van der Waals surface area contributed by atoms with Crippen LogP contribution in [-0.2, 0) is 24.3 Å². The molecule has 0 fully saturated rings. The average Bonchev–Trinajstić information content (AvgIpc) is 3.01. The Bertz CT molecular complexity index is 637. The van der Waals surface area contributed by atoms with Crippen molar-refractivity contribution >= 4 is 5.91 Å². The molecule has 1 N–H and O–H groups in total. The number of rotatable bonds is 7. The molecule has 0 aliphatic carbocycles. The molecule has 1 aromatic heterocycles. The number of nitrogens with one attached hydrogen (secondary N) is 1. The Morgan fingerprint density at radius 2 is 2.00 bits per heavy atom. The second kappa shape index (κ2) is 7.49. The zero-order valence-corrected chi connectivity index (χ0v) is 13.1. The molecule has 0 unspecified atom stereocenters. The summed E-state index contributed by atoms with van der Waals surface area (Å²) in [6.07, 6.45) is 3.99. The summed E-state index contributed by atoms with van der Waals surface area (Å²) in [5.41, 5.74) is 1.86. The van der Waals surface area contributed by atoms with Crippen molar-refractivity contribution in [2.75, 3.05) is 14.2 Å². The maximum absolute atomic E-state index is 12.0. The van der Waals surface area contributed by atoms with Crippen molar-refractivity contribution in [3.8, 4) is 11.5 Å². The summed E-state index contributed by atoms with van der Waals surface area (Å²) in [5, 5.41) is 7.06. The van der Waals surface area contributed by atoms with Crippen LogP contribution in [0.5, 0.6) is 11.5 Å². The molecular formula is C16H21N3O3. The van der Waals surface area contributed by atoms with Gasteiger partial charge in [-0.3, -0.25) is 9.48 Å². The lowest BCUT2D eigenvalue weighted by Crippen LogP contribution is -2.24. The minimum atomic E-state index is -0.0449. The summed E-state index contributed by atoms with van der Waals surface area (Å²) in [7, 11) is 3.16. The minimum absolute atomic E-state index is 0.0449. The zero-order chi connectivity index (χ0) is 15.9. The molecule has 0 aliphatic rings. The topological polar surface area (TPSA) is 65.4 Å². The molecule has 2 rings (SSSR count). The largest absolute Gasteiger partial charge is 0.493 e. The summed E-state index contributed by atoms with van der Waals surface area (Å²) < 4.78 is 12.2. The van der Waals surface area contributed by atoms with E-state index in [0.29, 0.717) is 24.5 Å². The molecule has 2 aromatic rings. The standard InChI is InChI=1S/C16H21N3O3/c1-4-19-11-13(10-18-19)9-17-16(20)8-12-5-6-14(21-2)15(7-12)22-3/h5-7,10-11H,4,8-9H2,1-3H3,(H,17,20). The highest BCUT2D eigenvalue weighted by molar-refractivity contribution is 5.78. The van der Waals surface area contributed by atoms with Crippen LogP contribution in [-0.4, -0.2) is 29.9 Å². The highest BCUT2D eigenvalue weighted by Crippen LogP contribution is 2.27. The van der Waals surface area contributed by atoms with E-state index in [1.165, 1.54) is 0 Å². The quantitative estimate of drug-likeness (QED) is 0.847. The van der Waals surface area contributed by atoms with E-state index < -0.39 is 0 Å². The van der Waals surface area contributed by atoms with Crippen LogP contribution in [0, 0.1) is 0 Å². The Morgan fingerprint density at radius 1 is 1.23 bits per heavy atom. The molecule has 0 atom stereocenters. The van der Waals surface area contributed by atoms with Crippen molar-refractivity contribution in [3.05, 3.63) is 41.7 Å². The molecule has 1 heterocycles. The predicted molar refractivity (Wildman–Crippen MR) is 83.0 cm³/mol. The first-order chi connectivity index (χ1) is 10.7. The van der Waals surface area contributed by atoms with Gasteiger partial charge in [0, 0.05) is 24.8 Å². The molecule has 6 nitrogen and oxygen atoms in total. The van der Waals surface area contributed by atoms with Gasteiger partial charge in [-0.25, -0.2) is 0 Å². The predicted octanol–water partition coefficient (Wildman–Crippen LogP) is 1.78. The van der Waals surface area contributed by atoms with Crippen molar-refractivity contribution in [2.24, 2.45) is 0 Å². The molecule has 0 saturated heterocycles. The second-order valence-electron chi connectivity index (χ2n) is 4.85. The number of hydrogen-bond donors (Lipinski definition) is 1. The summed E-state index contributed by atoms with van der Waals surface area (Å²) in [4.78, 5) is 12.0. The van der Waals surface area contributed by atoms with Gasteiger partial charge < -0.3 is 14.8 Å². The van der Waals surface area contributed by atoms with Crippen LogP contribution in [0.3, 0.4) is 0 Å². The number of carbonyl (C=O) groups is 1. The summed E-state index contributed by atoms with van der Waals surface area (Å²) in [5.74, 6) is 1.23. The number of nitrogens with zero attached hydrogens (tertiary/aromatic N) is 2. The Hall–Kier alpha value is -2.50. The van der Waals surface area contributed by atoms with Gasteiger partial charge in [0.1, 0.15) is 0 Å². The van der Waals surface area contributed by atoms with Crippen molar-refractivity contribution in [2.45, 2.75) is 26.4 Å². The number of carbonyl (C=O) groups excluding carboxylic acids is 1. The highest BCUT2D eigenvalue weighted by atomic mass is 16.5. The number of ether oxygens (including phenoxy) is 2. The van der Waals surface area contributed by atoms with Crippen LogP contribution in [0.4, 0.5) is 0 Å². The molecule has 0 bridgehead atoms. The molecular weight excluding hydrogens is 282 g/mol. The first-order valence-corrected chi connectivity index (χ1v) is 7.15. The van der Waals surface area contributed by atoms with Crippen LogP contribution in [0.2, 0.25) is 0 Å². The van der Waals surface area contributed by atoms with Crippen LogP contribution >= 0.6 is 0 Å². The molecule has 1 aromatic carbocycles. The van der Waals surface area contributed by atoms with Crippen molar-refractivity contribution in [1.82, 2.24) is 15.1 Å². The number of aryl methyl sites for hydroxylation is 1. The third-order valence-corrected chi connectivity index (χ3v) is 3.31. The van der Waals surface area contributed by atoms with Gasteiger partial charge in [-0.2, -0.15) is 5.10 Å². The van der Waals surface area contributed by atoms with Crippen molar-refractivity contribution in [3.63, 3.8) is 0 Å². The lowest BCUT2D eigenvalue weighted by Gasteiger charge is -2.09. The Balaban J connectivity index is 1.91. The molecule has 22 heavy (non-hydrogen) atoms. The van der Waals surface area contributed by atoms with Crippen LogP contribution < -0.4 is 14.8 Å². The average molecular weight is 303 g/mol. The molecule has 118 valence electrons. The first-order valence-electron chi connectivity index (χ1n) is 7.15. The van der Waals surface area contributed by atoms with Gasteiger partial charge in [-0.05, 0) is 24.6 Å². The number of methoxy groups -OCH3 is 2. The second-order valence-corrected chi connectivity index (χ2v) is 4.85. The third kappa shape index (κ3) is 4.00. The Morgan fingerprint density at radius 3 is 2.64 bits per heavy atom. The Kier molecular flexibility index (Phi) is 5.41. The van der Waals surface area contributed by atoms with Crippen LogP contribution in [0.25, 0.3) is 0 Å². The van der Waals surface area contributed by atoms with E-state index in [1.54, 1.807) is 26.5 Å². The van der Waals surface area contributed by atoms with E-state index in [1.807, 2.05) is 29.9 Å². The highest BCUT2D eigenvalue weighted by Gasteiger charge is 2.08. The summed E-state index contributed by atoms with van der Waals surface area (Å²) >= 11 is 0. The maximum atomic E-state index is 12.0. The third-order valence-electron chi connectivity index (χ3n) is 3.31. The molecule has 6 heteroatoms. The van der Waals surface area contributed by atoms with Gasteiger partial charge in [0.15, 0.2) is 11.5 Å². The smallest absolute Gasteiger partial charge is 0.224 e. The first kappa shape index (κ1) is 15.9. The van der Waals surface area contributed by atoms with Crippen molar-refractivity contribution in [1.29, 1.82) is 0 Å². The molecule has 0 saturated carbocycles. The molecule has 0 aliphatic heterocycles. The Labute approximate surface area is 130 Å². The maximum Gasteiger partial charge on any atom is 0.224 e. The lowest BCUT2D eigenvalue weighted by molar-refractivity contribution is -0.120. The van der Waals surface area contributed by atoms with E-state index in [-0.39, 0.29) is 5.91 Å². The van der Waals surface area contributed by atoms with Crippen LogP contribution in [0.1, 0.15) is 18.1 Å². The number of hydrogen-bond acceptors (Lipinski definition) is 4. The summed E-state index contributed by atoms with van der Waals surface area (Å²) in [6.45, 7) is 3.32. The monoisotopic (exact) mass is 303 g/mol. The molecule has 0 spiro atoms. The molecule has 0 radical (unpaired) electrons. The van der Waals surface area contributed by atoms with Gasteiger partial charge in [-0.1, -0.05) is 6.07 Å². The SMILES string of the molecule is CCn1cc(CNC(=O)Cc2ccc(OC)c(OC)c2)cn1. The van der Waals surface area contributed by atoms with E-state index in [9.17, 15) is 4.79 Å². The fourth-order valence-electron chi connectivity index (χ4n) is 2.11. The van der Waals surface area contributed by atoms with Crippen molar-refractivity contribution < 1.29 is 14.3 Å².